The van der Waals surface area contributed by atoms with E-state index in [1.165, 1.54) is 0 Å². The van der Waals surface area contributed by atoms with Crippen molar-refractivity contribution in [1.29, 1.82) is 0 Å². The lowest BCUT2D eigenvalue weighted by molar-refractivity contribution is -0.219. The summed E-state index contributed by atoms with van der Waals surface area (Å²) in [6, 6.07) is 31.3. The van der Waals surface area contributed by atoms with Crippen LogP contribution in [0, 0.1) is 0 Å². The molecule has 5 aromatic rings. The highest BCUT2D eigenvalue weighted by molar-refractivity contribution is 6.22. The molecule has 10 heteroatoms. The fourth-order valence-corrected chi connectivity index (χ4v) is 5.86. The molecule has 1 saturated heterocycles. The highest BCUT2D eigenvalue weighted by Crippen LogP contribution is 2.39. The van der Waals surface area contributed by atoms with E-state index in [1.807, 2.05) is 60.7 Å². The maximum absolute atomic E-state index is 13.1. The van der Waals surface area contributed by atoms with E-state index < -0.39 is 17.7 Å². The average molecular weight is 613 g/mol. The number of nitrogen functional groups attached to an aromatic ring is 1. The number of carbonyl (C=O) groups is 1. The lowest BCUT2D eigenvalue weighted by Crippen LogP contribution is -2.46. The van der Waals surface area contributed by atoms with E-state index in [1.54, 1.807) is 42.5 Å². The van der Waals surface area contributed by atoms with Crippen molar-refractivity contribution >= 4 is 34.0 Å². The minimum absolute atomic E-state index is 0.00702. The van der Waals surface area contributed by atoms with E-state index in [2.05, 4.69) is 9.88 Å². The van der Waals surface area contributed by atoms with Gasteiger partial charge in [0.15, 0.2) is 5.88 Å². The second-order valence-corrected chi connectivity index (χ2v) is 11.2. The Morgan fingerprint density at radius 3 is 2.22 bits per heavy atom. The predicted octanol–water partition coefficient (Wildman–Crippen LogP) is 7.22. The monoisotopic (exact) mass is 612 g/mol. The molecule has 0 atom stereocenters. The number of benzene rings is 4. The number of aromatic hydroxyl groups is 1. The molecule has 45 heavy (non-hydrogen) atoms. The SMILES string of the molecule is Nc1ccc2[nH]c(O)c(C(=Nc3ccc(CN4CCC(OC(=O)C(F)(F)F)(c5ccccc5)CC4)cc3)c3ccccc3)c2c1. The van der Waals surface area contributed by atoms with Crippen molar-refractivity contribution in [3.05, 3.63) is 125 Å². The summed E-state index contributed by atoms with van der Waals surface area (Å²) < 4.78 is 44.6. The number of fused-ring (bicyclic) bond motifs is 1. The number of carbonyl (C=O) groups excluding carboxylic acids is 1. The van der Waals surface area contributed by atoms with Crippen LogP contribution >= 0.6 is 0 Å². The number of aromatic amines is 1. The molecule has 1 aromatic heterocycles. The molecule has 0 radical (unpaired) electrons. The van der Waals surface area contributed by atoms with Crippen LogP contribution in [-0.4, -0.2) is 45.9 Å². The van der Waals surface area contributed by atoms with Crippen LogP contribution in [0.25, 0.3) is 10.9 Å². The van der Waals surface area contributed by atoms with Gasteiger partial charge < -0.3 is 20.6 Å². The van der Waals surface area contributed by atoms with Crippen molar-refractivity contribution in [2.45, 2.75) is 31.2 Å². The van der Waals surface area contributed by atoms with Crippen LogP contribution in [0.2, 0.25) is 0 Å². The molecule has 0 spiro atoms. The Morgan fingerprint density at radius 1 is 0.933 bits per heavy atom. The summed E-state index contributed by atoms with van der Waals surface area (Å²) in [5, 5.41) is 11.6. The summed E-state index contributed by atoms with van der Waals surface area (Å²) in [4.78, 5) is 21.9. The van der Waals surface area contributed by atoms with Crippen molar-refractivity contribution in [1.82, 2.24) is 9.88 Å². The number of rotatable bonds is 7. The number of piperidine rings is 1. The molecule has 0 aliphatic carbocycles. The molecule has 4 N–H and O–H groups in total. The van der Waals surface area contributed by atoms with Crippen molar-refractivity contribution in [2.75, 3.05) is 18.8 Å². The smallest absolute Gasteiger partial charge is 0.490 e. The van der Waals surface area contributed by atoms with Gasteiger partial charge in [0.1, 0.15) is 5.60 Å². The van der Waals surface area contributed by atoms with E-state index in [4.69, 9.17) is 15.5 Å². The second-order valence-electron chi connectivity index (χ2n) is 11.2. The molecule has 2 heterocycles. The maximum Gasteiger partial charge on any atom is 0.490 e. The highest BCUT2D eigenvalue weighted by atomic mass is 19.4. The van der Waals surface area contributed by atoms with Gasteiger partial charge in [0, 0.05) is 54.6 Å². The number of aliphatic imine (C=N–C) groups is 1. The van der Waals surface area contributed by atoms with Crippen LogP contribution in [0.5, 0.6) is 5.88 Å². The van der Waals surface area contributed by atoms with Gasteiger partial charge in [0.05, 0.1) is 17.0 Å². The number of alkyl halides is 3. The largest absolute Gasteiger partial charge is 0.494 e. The lowest BCUT2D eigenvalue weighted by atomic mass is 9.84. The van der Waals surface area contributed by atoms with Crippen LogP contribution in [0.15, 0.2) is 108 Å². The van der Waals surface area contributed by atoms with Gasteiger partial charge >= 0.3 is 12.1 Å². The normalized spacial score (nSPS) is 15.7. The van der Waals surface area contributed by atoms with Crippen LogP contribution in [0.1, 0.15) is 35.1 Å². The van der Waals surface area contributed by atoms with Crippen molar-refractivity contribution in [2.24, 2.45) is 4.99 Å². The van der Waals surface area contributed by atoms with Crippen LogP contribution in [-0.2, 0) is 21.7 Å². The quantitative estimate of drug-likeness (QED) is 0.102. The van der Waals surface area contributed by atoms with Crippen LogP contribution in [0.4, 0.5) is 24.5 Å². The number of anilines is 1. The average Bonchev–Trinajstić information content (AvgIpc) is 3.36. The molecule has 0 amide bonds. The van der Waals surface area contributed by atoms with E-state index >= 15 is 0 Å². The Hall–Kier alpha value is -5.09. The number of hydrogen-bond acceptors (Lipinski definition) is 6. The summed E-state index contributed by atoms with van der Waals surface area (Å²) in [5.74, 6) is -2.18. The fraction of sp³-hybridized carbons (Fsp3) is 0.200. The topological polar surface area (TPSA) is 104 Å². The number of nitrogens with two attached hydrogens (primary N) is 1. The minimum Gasteiger partial charge on any atom is -0.494 e. The third kappa shape index (κ3) is 6.41. The first-order chi connectivity index (χ1) is 21.6. The third-order valence-electron chi connectivity index (χ3n) is 8.15. The number of hydrogen-bond donors (Lipinski definition) is 3. The molecule has 4 aromatic carbocycles. The Bertz CT molecular complexity index is 1830. The summed E-state index contributed by atoms with van der Waals surface area (Å²) in [6.45, 7) is 1.46. The number of esters is 1. The number of halogens is 3. The predicted molar refractivity (Wildman–Crippen MR) is 167 cm³/mol. The number of ether oxygens (including phenoxy) is 1. The zero-order valence-corrected chi connectivity index (χ0v) is 24.2. The van der Waals surface area contributed by atoms with E-state index in [-0.39, 0.29) is 18.7 Å². The summed E-state index contributed by atoms with van der Waals surface area (Å²) >= 11 is 0. The molecular formula is C35H31F3N4O3. The molecule has 0 unspecified atom stereocenters. The number of nitrogens with zero attached hydrogens (tertiary/aromatic N) is 2. The first-order valence-electron chi connectivity index (χ1n) is 14.5. The Kier molecular flexibility index (Phi) is 8.07. The Morgan fingerprint density at radius 2 is 1.58 bits per heavy atom. The molecule has 230 valence electrons. The highest BCUT2D eigenvalue weighted by Gasteiger charge is 2.48. The van der Waals surface area contributed by atoms with Gasteiger partial charge in [-0.25, -0.2) is 9.79 Å². The molecule has 7 nitrogen and oxygen atoms in total. The molecule has 0 saturated carbocycles. The van der Waals surface area contributed by atoms with Gasteiger partial charge in [-0.3, -0.25) is 4.90 Å². The maximum atomic E-state index is 13.1. The van der Waals surface area contributed by atoms with E-state index in [0.29, 0.717) is 47.8 Å². The van der Waals surface area contributed by atoms with Gasteiger partial charge in [0.2, 0.25) is 0 Å². The molecule has 0 bridgehead atoms. The standard InChI is InChI=1S/C35H31F3N4O3/c36-35(37,38)33(44)45-34(25-9-5-2-6-10-25)17-19-42(20-18-34)22-23-11-14-27(15-12-23)40-31(24-7-3-1-4-8-24)30-28-21-26(39)13-16-29(28)41-32(30)43/h1-16,21,41,43H,17-20,22,39H2. The molecule has 1 fully saturated rings. The van der Waals surface area contributed by atoms with Crippen molar-refractivity contribution in [3.63, 3.8) is 0 Å². The summed E-state index contributed by atoms with van der Waals surface area (Å²) in [6.07, 6.45) is -4.59. The first kappa shape index (κ1) is 30.0. The number of aromatic nitrogens is 1. The van der Waals surface area contributed by atoms with Crippen molar-refractivity contribution < 1.29 is 27.8 Å². The van der Waals surface area contributed by atoms with Gasteiger partial charge in [-0.1, -0.05) is 72.8 Å². The minimum atomic E-state index is -5.07. The Labute approximate surface area is 257 Å². The van der Waals surface area contributed by atoms with Gasteiger partial charge in [-0.2, -0.15) is 13.2 Å². The zero-order valence-electron chi connectivity index (χ0n) is 24.2. The fourth-order valence-electron chi connectivity index (χ4n) is 5.86. The molecule has 1 aliphatic heterocycles. The second kappa shape index (κ2) is 12.1. The van der Waals surface area contributed by atoms with E-state index in [9.17, 15) is 23.1 Å². The van der Waals surface area contributed by atoms with Crippen LogP contribution < -0.4 is 5.73 Å². The summed E-state index contributed by atoms with van der Waals surface area (Å²) in [5.41, 5.74) is 10.2. The zero-order chi connectivity index (χ0) is 31.6. The molecule has 6 rings (SSSR count). The van der Waals surface area contributed by atoms with Gasteiger partial charge in [-0.15, -0.1) is 0 Å². The van der Waals surface area contributed by atoms with Gasteiger partial charge in [-0.05, 0) is 41.5 Å². The number of likely N-dealkylation sites (tertiary alicyclic amines) is 1. The summed E-state index contributed by atoms with van der Waals surface area (Å²) in [7, 11) is 0. The van der Waals surface area contributed by atoms with E-state index in [0.717, 1.165) is 22.0 Å². The molecule has 1 aliphatic rings. The third-order valence-corrected chi connectivity index (χ3v) is 8.15. The lowest BCUT2D eigenvalue weighted by Gasteiger charge is -2.41. The first-order valence-corrected chi connectivity index (χ1v) is 14.5. The number of nitrogens with one attached hydrogen (secondary N) is 1. The number of H-pyrrole nitrogens is 1. The van der Waals surface area contributed by atoms with Gasteiger partial charge in [0.25, 0.3) is 0 Å². The van der Waals surface area contributed by atoms with Crippen LogP contribution in [0.3, 0.4) is 0 Å². The molecular weight excluding hydrogens is 581 g/mol. The Balaban J connectivity index is 1.22. The van der Waals surface area contributed by atoms with Crippen molar-refractivity contribution in [3.8, 4) is 5.88 Å².